The third-order valence-corrected chi connectivity index (χ3v) is 3.67. The van der Waals surface area contributed by atoms with E-state index in [1.807, 2.05) is 31.2 Å². The Bertz CT molecular complexity index is 344. The van der Waals surface area contributed by atoms with Crippen LogP contribution in [0, 0.1) is 0 Å². The van der Waals surface area contributed by atoms with Crippen molar-refractivity contribution in [3.05, 3.63) is 29.8 Å². The lowest BCUT2D eigenvalue weighted by molar-refractivity contribution is -0.0645. The first kappa shape index (κ1) is 15.0. The van der Waals surface area contributed by atoms with E-state index >= 15 is 0 Å². The highest BCUT2D eigenvalue weighted by Gasteiger charge is 2.34. The molecule has 0 heterocycles. The number of rotatable bonds is 7. The van der Waals surface area contributed by atoms with E-state index in [9.17, 15) is 0 Å². The van der Waals surface area contributed by atoms with Crippen LogP contribution in [0.25, 0.3) is 0 Å². The minimum atomic E-state index is -0.274. The Morgan fingerprint density at radius 2 is 1.67 bits per heavy atom. The predicted molar refractivity (Wildman–Crippen MR) is 74.9 cm³/mol. The smallest absolute Gasteiger partial charge is 0.118 e. The fraction of sp³-hybridized carbons (Fsp3) is 0.600. The van der Waals surface area contributed by atoms with Crippen molar-refractivity contribution in [1.82, 2.24) is 0 Å². The second-order valence-electron chi connectivity index (χ2n) is 4.46. The van der Waals surface area contributed by atoms with Crippen LogP contribution in [0.2, 0.25) is 0 Å². The third-order valence-electron chi connectivity index (χ3n) is 3.67. The molecule has 0 fully saturated rings. The van der Waals surface area contributed by atoms with Crippen LogP contribution in [-0.2, 0) is 4.74 Å². The highest BCUT2D eigenvalue weighted by atomic mass is 16.5. The molecule has 3 nitrogen and oxygen atoms in total. The molecule has 2 N–H and O–H groups in total. The lowest BCUT2D eigenvalue weighted by Crippen LogP contribution is -2.43. The zero-order valence-corrected chi connectivity index (χ0v) is 11.9. The zero-order valence-electron chi connectivity index (χ0n) is 11.9. The Labute approximate surface area is 110 Å². The first-order chi connectivity index (χ1) is 8.63. The second kappa shape index (κ2) is 6.76. The molecule has 1 unspecified atom stereocenters. The molecule has 1 aromatic rings. The molecule has 1 atom stereocenters. The number of ether oxygens (including phenoxy) is 2. The minimum absolute atomic E-state index is 0.113. The maximum atomic E-state index is 6.41. The fourth-order valence-corrected chi connectivity index (χ4v) is 2.39. The summed E-state index contributed by atoms with van der Waals surface area (Å²) in [6.07, 6.45) is 1.81. The molecular weight excluding hydrogens is 226 g/mol. The van der Waals surface area contributed by atoms with Crippen molar-refractivity contribution in [1.29, 1.82) is 0 Å². The van der Waals surface area contributed by atoms with Crippen molar-refractivity contribution in [3.8, 4) is 5.75 Å². The van der Waals surface area contributed by atoms with E-state index < -0.39 is 0 Å². The van der Waals surface area contributed by atoms with E-state index in [0.29, 0.717) is 6.61 Å². The van der Waals surface area contributed by atoms with Gasteiger partial charge in [-0.05, 0) is 37.5 Å². The van der Waals surface area contributed by atoms with E-state index in [0.717, 1.165) is 24.2 Å². The lowest BCUT2D eigenvalue weighted by atomic mass is 9.84. The summed E-state index contributed by atoms with van der Waals surface area (Å²) < 4.78 is 11.1. The van der Waals surface area contributed by atoms with Crippen LogP contribution in [-0.4, -0.2) is 19.3 Å². The Kier molecular flexibility index (Phi) is 5.63. The molecule has 102 valence electrons. The summed E-state index contributed by atoms with van der Waals surface area (Å²) in [5.41, 5.74) is 7.22. The Hall–Kier alpha value is -1.06. The van der Waals surface area contributed by atoms with Gasteiger partial charge < -0.3 is 15.2 Å². The lowest BCUT2D eigenvalue weighted by Gasteiger charge is -2.37. The van der Waals surface area contributed by atoms with Gasteiger partial charge in [0.25, 0.3) is 0 Å². The molecule has 1 rings (SSSR count). The molecule has 0 aliphatic heterocycles. The summed E-state index contributed by atoms with van der Waals surface area (Å²) in [6.45, 7) is 6.96. The van der Waals surface area contributed by atoms with Crippen LogP contribution in [0.15, 0.2) is 24.3 Å². The summed E-state index contributed by atoms with van der Waals surface area (Å²) in [7, 11) is 1.66. The molecule has 0 spiro atoms. The largest absolute Gasteiger partial charge is 0.497 e. The molecular formula is C15H25NO2. The summed E-state index contributed by atoms with van der Waals surface area (Å²) in [5, 5.41) is 0. The van der Waals surface area contributed by atoms with Crippen molar-refractivity contribution in [2.45, 2.75) is 45.3 Å². The van der Waals surface area contributed by atoms with Crippen LogP contribution in [0.5, 0.6) is 5.75 Å². The average Bonchev–Trinajstić information content (AvgIpc) is 2.44. The standard InChI is InChI=1S/C15H25NO2/c1-5-15(6-2,18-7-3)14(16)12-8-10-13(17-4)11-9-12/h8-11,14H,5-7,16H2,1-4H3. The van der Waals surface area contributed by atoms with Crippen molar-refractivity contribution < 1.29 is 9.47 Å². The maximum Gasteiger partial charge on any atom is 0.118 e. The molecule has 18 heavy (non-hydrogen) atoms. The van der Waals surface area contributed by atoms with Gasteiger partial charge in [-0.25, -0.2) is 0 Å². The molecule has 1 aromatic carbocycles. The number of nitrogens with two attached hydrogens (primary N) is 1. The Morgan fingerprint density at radius 1 is 1.11 bits per heavy atom. The zero-order chi connectivity index (χ0) is 13.6. The van der Waals surface area contributed by atoms with E-state index in [1.54, 1.807) is 7.11 Å². The Balaban J connectivity index is 2.97. The quantitative estimate of drug-likeness (QED) is 0.808. The van der Waals surface area contributed by atoms with Gasteiger partial charge in [-0.15, -0.1) is 0 Å². The number of hydrogen-bond donors (Lipinski definition) is 1. The summed E-state index contributed by atoms with van der Waals surface area (Å²) >= 11 is 0. The summed E-state index contributed by atoms with van der Waals surface area (Å²) in [5.74, 6) is 0.848. The normalized spacial score (nSPS) is 13.4. The molecule has 0 aliphatic carbocycles. The molecule has 0 bridgehead atoms. The highest BCUT2D eigenvalue weighted by molar-refractivity contribution is 5.30. The van der Waals surface area contributed by atoms with Gasteiger partial charge in [0.1, 0.15) is 5.75 Å². The molecule has 0 aromatic heterocycles. The van der Waals surface area contributed by atoms with E-state index in [-0.39, 0.29) is 11.6 Å². The number of methoxy groups -OCH3 is 1. The van der Waals surface area contributed by atoms with Crippen molar-refractivity contribution in [2.75, 3.05) is 13.7 Å². The molecule has 0 saturated carbocycles. The average molecular weight is 251 g/mol. The van der Waals surface area contributed by atoms with E-state index in [1.165, 1.54) is 0 Å². The third kappa shape index (κ3) is 3.03. The van der Waals surface area contributed by atoms with Crippen molar-refractivity contribution in [2.24, 2.45) is 5.73 Å². The van der Waals surface area contributed by atoms with E-state index in [2.05, 4.69) is 13.8 Å². The van der Waals surface area contributed by atoms with Crippen molar-refractivity contribution >= 4 is 0 Å². The molecule has 3 heteroatoms. The topological polar surface area (TPSA) is 44.5 Å². The van der Waals surface area contributed by atoms with Crippen LogP contribution < -0.4 is 10.5 Å². The second-order valence-corrected chi connectivity index (χ2v) is 4.46. The summed E-state index contributed by atoms with van der Waals surface area (Å²) in [4.78, 5) is 0. The molecule has 0 radical (unpaired) electrons. The van der Waals surface area contributed by atoms with E-state index in [4.69, 9.17) is 15.2 Å². The van der Waals surface area contributed by atoms with Gasteiger partial charge in [-0.2, -0.15) is 0 Å². The van der Waals surface area contributed by atoms with Gasteiger partial charge in [0.15, 0.2) is 0 Å². The first-order valence-electron chi connectivity index (χ1n) is 6.67. The SMILES string of the molecule is CCOC(CC)(CC)C(N)c1ccc(OC)cc1. The highest BCUT2D eigenvalue weighted by Crippen LogP contribution is 2.34. The van der Waals surface area contributed by atoms with Crippen molar-refractivity contribution in [3.63, 3.8) is 0 Å². The molecule has 0 aliphatic rings. The first-order valence-corrected chi connectivity index (χ1v) is 6.67. The number of hydrogen-bond acceptors (Lipinski definition) is 3. The predicted octanol–water partition coefficient (Wildman–Crippen LogP) is 3.29. The van der Waals surface area contributed by atoms with Gasteiger partial charge in [0, 0.05) is 6.61 Å². The van der Waals surface area contributed by atoms with Crippen LogP contribution >= 0.6 is 0 Å². The van der Waals surface area contributed by atoms with Gasteiger partial charge in [0.05, 0.1) is 18.8 Å². The van der Waals surface area contributed by atoms with Gasteiger partial charge in [0.2, 0.25) is 0 Å². The number of benzene rings is 1. The maximum absolute atomic E-state index is 6.41. The fourth-order valence-electron chi connectivity index (χ4n) is 2.39. The van der Waals surface area contributed by atoms with Gasteiger partial charge >= 0.3 is 0 Å². The summed E-state index contributed by atoms with van der Waals surface area (Å²) in [6, 6.07) is 7.80. The molecule has 0 saturated heterocycles. The van der Waals surface area contributed by atoms with Gasteiger partial charge in [-0.1, -0.05) is 26.0 Å². The Morgan fingerprint density at radius 3 is 2.06 bits per heavy atom. The monoisotopic (exact) mass is 251 g/mol. The van der Waals surface area contributed by atoms with Crippen LogP contribution in [0.4, 0.5) is 0 Å². The minimum Gasteiger partial charge on any atom is -0.497 e. The van der Waals surface area contributed by atoms with Gasteiger partial charge in [-0.3, -0.25) is 0 Å². The molecule has 0 amide bonds. The van der Waals surface area contributed by atoms with Crippen LogP contribution in [0.1, 0.15) is 45.2 Å². The van der Waals surface area contributed by atoms with Crippen LogP contribution in [0.3, 0.4) is 0 Å².